The number of benzene rings is 1. The summed E-state index contributed by atoms with van der Waals surface area (Å²) in [5.41, 5.74) is 0.771. The second kappa shape index (κ2) is 12.9. The molecule has 3 N–H and O–H groups in total. The van der Waals surface area contributed by atoms with E-state index in [1.807, 2.05) is 0 Å². The van der Waals surface area contributed by atoms with Crippen molar-refractivity contribution in [3.63, 3.8) is 0 Å². The van der Waals surface area contributed by atoms with Crippen LogP contribution >= 0.6 is 23.2 Å². The van der Waals surface area contributed by atoms with E-state index in [2.05, 4.69) is 37.9 Å². The van der Waals surface area contributed by atoms with Crippen LogP contribution in [0.4, 0.5) is 11.6 Å². The molecule has 1 aliphatic carbocycles. The van der Waals surface area contributed by atoms with Gasteiger partial charge in [0.25, 0.3) is 5.91 Å². The number of piperidine rings is 1. The van der Waals surface area contributed by atoms with E-state index in [0.717, 1.165) is 45.2 Å². The molecule has 1 aromatic carbocycles. The van der Waals surface area contributed by atoms with E-state index in [4.69, 9.17) is 32.7 Å². The maximum Gasteiger partial charge on any atom is 0.253 e. The molecule has 2 heterocycles. The normalized spacial score (nSPS) is 20.5. The van der Waals surface area contributed by atoms with Crippen LogP contribution in [0.15, 0.2) is 18.3 Å². The first-order valence-corrected chi connectivity index (χ1v) is 15.6. The number of carbonyl (C=O) groups is 1. The molecule has 1 aromatic heterocycles. The zero-order valence-electron chi connectivity index (χ0n) is 22.2. The van der Waals surface area contributed by atoms with Crippen molar-refractivity contribution in [2.24, 2.45) is 0 Å². The Hall–Kier alpha value is -2.38. The number of ether oxygens (including phenoxy) is 2. The lowest BCUT2D eigenvalue weighted by molar-refractivity contribution is 0.0916. The van der Waals surface area contributed by atoms with Gasteiger partial charge in [-0.3, -0.25) is 10.1 Å². The topological polar surface area (TPSA) is 135 Å². The molecule has 1 amide bonds. The van der Waals surface area contributed by atoms with E-state index in [1.165, 1.54) is 19.6 Å². The summed E-state index contributed by atoms with van der Waals surface area (Å²) in [5, 5.41) is 9.65. The summed E-state index contributed by atoms with van der Waals surface area (Å²) >= 11 is 12.8. The number of hydrogen-bond donors (Lipinski definition) is 3. The van der Waals surface area contributed by atoms with E-state index in [1.54, 1.807) is 12.1 Å². The number of sulfone groups is 1. The summed E-state index contributed by atoms with van der Waals surface area (Å²) in [6, 6.07) is 3.12. The molecule has 0 spiro atoms. The third-order valence-electron chi connectivity index (χ3n) is 6.87. The minimum atomic E-state index is -3.16. The average Bonchev–Trinajstić information content (AvgIpc) is 3.33. The standard InChI is InChI=1S/C25H34Cl2N6O5S/c1-33-9-7-15(8-10-33)30-23(34)16-11-22(37-2)20(12-17(16)26)31-25-28-13-18(27)24(32-25)38-21-6-4-5-19(21)29-14-39(3,35)36/h11-13,15,19,21,29H,4-10,14H2,1-3H3,(H,30,34)(H,28,31,32)/t19-,21-/m1/s1. The van der Waals surface area contributed by atoms with Crippen LogP contribution in [0.25, 0.3) is 0 Å². The van der Waals surface area contributed by atoms with Gasteiger partial charge in [0.15, 0.2) is 9.84 Å². The third kappa shape index (κ3) is 8.07. The first kappa shape index (κ1) is 29.6. The number of carbonyl (C=O) groups excluding carboxylic acids is 1. The van der Waals surface area contributed by atoms with Gasteiger partial charge in [0.05, 0.1) is 35.5 Å². The van der Waals surface area contributed by atoms with Crippen LogP contribution in [0, 0.1) is 0 Å². The van der Waals surface area contributed by atoms with Crippen LogP contribution in [0.1, 0.15) is 42.5 Å². The summed E-state index contributed by atoms with van der Waals surface area (Å²) in [6.07, 6.45) is 6.45. The first-order valence-electron chi connectivity index (χ1n) is 12.8. The molecule has 4 rings (SSSR count). The lowest BCUT2D eigenvalue weighted by Crippen LogP contribution is -2.43. The quantitative estimate of drug-likeness (QED) is 0.373. The molecule has 1 saturated carbocycles. The van der Waals surface area contributed by atoms with Crippen molar-refractivity contribution in [1.29, 1.82) is 0 Å². The lowest BCUT2D eigenvalue weighted by Gasteiger charge is -2.29. The Morgan fingerprint density at radius 2 is 1.90 bits per heavy atom. The molecule has 2 aromatic rings. The van der Waals surface area contributed by atoms with Crippen molar-refractivity contribution in [2.45, 2.75) is 50.3 Å². The summed E-state index contributed by atoms with van der Waals surface area (Å²) in [5.74, 6) is 0.356. The van der Waals surface area contributed by atoms with Gasteiger partial charge >= 0.3 is 0 Å². The van der Waals surface area contributed by atoms with Crippen LogP contribution in [-0.4, -0.2) is 86.8 Å². The van der Waals surface area contributed by atoms with Crippen molar-refractivity contribution >= 4 is 50.6 Å². The number of nitrogens with zero attached hydrogens (tertiary/aromatic N) is 3. The van der Waals surface area contributed by atoms with Gasteiger partial charge in [0.1, 0.15) is 16.9 Å². The number of nitrogens with one attached hydrogen (secondary N) is 3. The summed E-state index contributed by atoms with van der Waals surface area (Å²) in [4.78, 5) is 23.8. The zero-order chi connectivity index (χ0) is 28.2. The molecule has 14 heteroatoms. The molecule has 214 valence electrons. The molecule has 2 fully saturated rings. The Kier molecular flexibility index (Phi) is 9.76. The van der Waals surface area contributed by atoms with Crippen LogP contribution in [0.2, 0.25) is 10.0 Å². The first-order chi connectivity index (χ1) is 18.5. The van der Waals surface area contributed by atoms with Crippen LogP contribution in [-0.2, 0) is 9.84 Å². The van der Waals surface area contributed by atoms with Gasteiger partial charge in [-0.2, -0.15) is 4.98 Å². The van der Waals surface area contributed by atoms with Gasteiger partial charge in [-0.25, -0.2) is 13.4 Å². The third-order valence-corrected chi connectivity index (χ3v) is 8.13. The Balaban J connectivity index is 1.46. The Morgan fingerprint density at radius 1 is 1.15 bits per heavy atom. The molecule has 0 bridgehead atoms. The predicted molar refractivity (Wildman–Crippen MR) is 151 cm³/mol. The molecule has 2 aliphatic rings. The van der Waals surface area contributed by atoms with Gasteiger partial charge in [-0.05, 0) is 64.4 Å². The van der Waals surface area contributed by atoms with Gasteiger partial charge in [-0.15, -0.1) is 0 Å². The number of aromatic nitrogens is 2. The Labute approximate surface area is 238 Å². The van der Waals surface area contributed by atoms with Crippen LogP contribution in [0.5, 0.6) is 11.6 Å². The van der Waals surface area contributed by atoms with E-state index in [-0.39, 0.29) is 51.8 Å². The van der Waals surface area contributed by atoms with Gasteiger partial charge in [0.2, 0.25) is 11.8 Å². The molecular weight excluding hydrogens is 567 g/mol. The Bertz CT molecular complexity index is 1290. The fourth-order valence-corrected chi connectivity index (χ4v) is 5.63. The van der Waals surface area contributed by atoms with Crippen molar-refractivity contribution in [2.75, 3.05) is 44.7 Å². The van der Waals surface area contributed by atoms with Crippen molar-refractivity contribution in [3.05, 3.63) is 33.9 Å². The highest BCUT2D eigenvalue weighted by Crippen LogP contribution is 2.34. The van der Waals surface area contributed by atoms with Gasteiger partial charge in [0, 0.05) is 18.3 Å². The highest BCUT2D eigenvalue weighted by Gasteiger charge is 2.30. The Morgan fingerprint density at radius 3 is 2.59 bits per heavy atom. The average molecular weight is 602 g/mol. The summed E-state index contributed by atoms with van der Waals surface area (Å²) < 4.78 is 34.7. The largest absolute Gasteiger partial charge is 0.495 e. The maximum atomic E-state index is 12.9. The van der Waals surface area contributed by atoms with Gasteiger partial charge < -0.3 is 25.0 Å². The highest BCUT2D eigenvalue weighted by atomic mass is 35.5. The molecule has 39 heavy (non-hydrogen) atoms. The second-order valence-electron chi connectivity index (χ2n) is 10.0. The molecule has 0 radical (unpaired) electrons. The number of halogens is 2. The number of amides is 1. The number of anilines is 2. The number of methoxy groups -OCH3 is 1. The fraction of sp³-hybridized carbons (Fsp3) is 0.560. The number of likely N-dealkylation sites (tertiary alicyclic amines) is 1. The SMILES string of the molecule is COc1cc(C(=O)NC2CCN(C)CC2)c(Cl)cc1Nc1ncc(Cl)c(O[C@@H]2CCC[C@H]2NCS(C)(=O)=O)n1. The van der Waals surface area contributed by atoms with Crippen LogP contribution < -0.4 is 25.4 Å². The lowest BCUT2D eigenvalue weighted by atomic mass is 10.0. The molecular formula is C25H34Cl2N6O5S. The van der Waals surface area contributed by atoms with E-state index < -0.39 is 9.84 Å². The predicted octanol–water partition coefficient (Wildman–Crippen LogP) is 3.25. The second-order valence-corrected chi connectivity index (χ2v) is 13.0. The van der Waals surface area contributed by atoms with E-state index in [9.17, 15) is 13.2 Å². The van der Waals surface area contributed by atoms with Crippen molar-refractivity contribution in [1.82, 2.24) is 25.5 Å². The molecule has 2 atom stereocenters. The van der Waals surface area contributed by atoms with E-state index in [0.29, 0.717) is 17.0 Å². The molecule has 0 unspecified atom stereocenters. The van der Waals surface area contributed by atoms with Crippen molar-refractivity contribution in [3.8, 4) is 11.6 Å². The van der Waals surface area contributed by atoms with Gasteiger partial charge in [-0.1, -0.05) is 23.2 Å². The minimum Gasteiger partial charge on any atom is -0.495 e. The van der Waals surface area contributed by atoms with E-state index >= 15 is 0 Å². The zero-order valence-corrected chi connectivity index (χ0v) is 24.5. The maximum absolute atomic E-state index is 12.9. The summed E-state index contributed by atoms with van der Waals surface area (Å²) in [7, 11) is 0.396. The summed E-state index contributed by atoms with van der Waals surface area (Å²) in [6.45, 7) is 1.85. The molecule has 11 nitrogen and oxygen atoms in total. The van der Waals surface area contributed by atoms with Crippen LogP contribution in [0.3, 0.4) is 0 Å². The van der Waals surface area contributed by atoms with Crippen molar-refractivity contribution < 1.29 is 22.7 Å². The fourth-order valence-electron chi connectivity index (χ4n) is 4.73. The smallest absolute Gasteiger partial charge is 0.253 e. The molecule has 1 saturated heterocycles. The highest BCUT2D eigenvalue weighted by molar-refractivity contribution is 7.90. The number of rotatable bonds is 10. The molecule has 1 aliphatic heterocycles. The monoisotopic (exact) mass is 600 g/mol. The number of hydrogen-bond acceptors (Lipinski definition) is 10. The minimum absolute atomic E-state index is 0.0930.